The van der Waals surface area contributed by atoms with Gasteiger partial charge < -0.3 is 9.72 Å². The molecule has 4 heterocycles. The third kappa shape index (κ3) is 5.25. The second-order valence-corrected chi connectivity index (χ2v) is 10.8. The maximum atomic E-state index is 13.2. The number of hydrogen-bond acceptors (Lipinski definition) is 6. The molecular formula is C20H18BrF3N6OS2. The molecule has 0 saturated heterocycles. The highest BCUT2D eigenvalue weighted by atomic mass is 79.9. The highest BCUT2D eigenvalue weighted by molar-refractivity contribution is 9.10. The van der Waals surface area contributed by atoms with Crippen molar-refractivity contribution in [3.63, 3.8) is 0 Å². The van der Waals surface area contributed by atoms with Crippen molar-refractivity contribution < 1.29 is 18.0 Å². The van der Waals surface area contributed by atoms with Gasteiger partial charge >= 0.3 is 5.51 Å². The van der Waals surface area contributed by atoms with Crippen LogP contribution >= 0.6 is 39.2 Å². The van der Waals surface area contributed by atoms with E-state index in [1.807, 2.05) is 20.8 Å². The summed E-state index contributed by atoms with van der Waals surface area (Å²) in [4.78, 5) is 16.8. The average Bonchev–Trinajstić information content (AvgIpc) is 3.44. The monoisotopic (exact) mass is 558 g/mol. The number of thioether (sulfide) groups is 1. The third-order valence-electron chi connectivity index (χ3n) is 4.57. The summed E-state index contributed by atoms with van der Waals surface area (Å²) in [6.45, 7) is 6.01. The molecule has 13 heteroatoms. The number of fused-ring (bicyclic) bond motifs is 1. The fraction of sp³-hybridized carbons (Fsp3) is 0.300. The van der Waals surface area contributed by atoms with Gasteiger partial charge in [0, 0.05) is 28.6 Å². The molecule has 0 aromatic carbocycles. The number of alkyl halides is 3. The Bertz CT molecular complexity index is 1320. The van der Waals surface area contributed by atoms with Crippen molar-refractivity contribution in [1.29, 1.82) is 0 Å². The molecule has 0 radical (unpaired) electrons. The smallest absolute Gasteiger partial charge is 0.345 e. The molecule has 4 aromatic rings. The molecule has 4 aromatic heterocycles. The fourth-order valence-corrected chi connectivity index (χ4v) is 4.80. The quantitative estimate of drug-likeness (QED) is 0.317. The summed E-state index contributed by atoms with van der Waals surface area (Å²) < 4.78 is 47.8. The lowest BCUT2D eigenvalue weighted by atomic mass is 10.1. The molecule has 0 aliphatic rings. The van der Waals surface area contributed by atoms with Crippen LogP contribution in [-0.2, 0) is 12.1 Å². The second kappa shape index (κ2) is 8.76. The average molecular weight is 559 g/mol. The predicted octanol–water partition coefficient (Wildman–Crippen LogP) is 5.71. The summed E-state index contributed by atoms with van der Waals surface area (Å²) in [6.07, 6.45) is 4.70. The number of hydrogen-bond donors (Lipinski definition) is 1. The van der Waals surface area contributed by atoms with Gasteiger partial charge in [-0.15, -0.1) is 0 Å². The van der Waals surface area contributed by atoms with E-state index in [1.54, 1.807) is 35.3 Å². The zero-order valence-corrected chi connectivity index (χ0v) is 20.9. The van der Waals surface area contributed by atoms with E-state index >= 15 is 0 Å². The fourth-order valence-electron chi connectivity index (χ4n) is 3.01. The van der Waals surface area contributed by atoms with E-state index in [2.05, 4.69) is 35.7 Å². The van der Waals surface area contributed by atoms with E-state index in [9.17, 15) is 18.0 Å². The molecule has 0 spiro atoms. The van der Waals surface area contributed by atoms with Crippen LogP contribution in [0.25, 0.3) is 16.9 Å². The van der Waals surface area contributed by atoms with Crippen LogP contribution in [0.15, 0.2) is 46.3 Å². The van der Waals surface area contributed by atoms with E-state index in [4.69, 9.17) is 0 Å². The molecular weight excluding hydrogens is 541 g/mol. The number of aromatic nitrogens is 5. The van der Waals surface area contributed by atoms with Crippen molar-refractivity contribution in [1.82, 2.24) is 28.9 Å². The molecule has 1 N–H and O–H groups in total. The Kier molecular flexibility index (Phi) is 6.31. The molecule has 0 unspecified atom stereocenters. The summed E-state index contributed by atoms with van der Waals surface area (Å²) in [5.41, 5.74) is -3.49. The highest BCUT2D eigenvalue weighted by Gasteiger charge is 2.33. The number of pyridine rings is 1. The van der Waals surface area contributed by atoms with Crippen LogP contribution < -0.4 is 5.32 Å². The minimum Gasteiger partial charge on any atom is -0.345 e. The Morgan fingerprint density at radius 2 is 2.06 bits per heavy atom. The maximum absolute atomic E-state index is 13.2. The molecule has 1 amide bonds. The Labute approximate surface area is 203 Å². The van der Waals surface area contributed by atoms with Crippen molar-refractivity contribution in [2.24, 2.45) is 0 Å². The molecule has 0 atom stereocenters. The molecule has 0 fully saturated rings. The first-order chi connectivity index (χ1) is 15.4. The number of nitrogens with zero attached hydrogens (tertiary/aromatic N) is 5. The number of halogens is 4. The first-order valence-electron chi connectivity index (χ1n) is 9.64. The summed E-state index contributed by atoms with van der Waals surface area (Å²) >= 11 is 4.18. The van der Waals surface area contributed by atoms with Gasteiger partial charge in [-0.05, 0) is 66.4 Å². The Morgan fingerprint density at radius 3 is 2.73 bits per heavy atom. The second-order valence-electron chi connectivity index (χ2n) is 8.06. The predicted molar refractivity (Wildman–Crippen MR) is 124 cm³/mol. The first-order valence-corrected chi connectivity index (χ1v) is 12.0. The molecule has 174 valence electrons. The van der Waals surface area contributed by atoms with E-state index in [0.717, 1.165) is 11.5 Å². The molecule has 7 nitrogen and oxygen atoms in total. The minimum absolute atomic E-state index is 0.0261. The highest BCUT2D eigenvalue weighted by Crippen LogP contribution is 2.43. The SMILES string of the molecule is CC(C)(C)n1cc(C(=O)NCc2nc(-c3cc4c(Br)cccn4c3SC(F)(F)F)ns2)cn1. The number of rotatable bonds is 5. The number of carbonyl (C=O) groups is 1. The van der Waals surface area contributed by atoms with Gasteiger partial charge in [0.25, 0.3) is 5.91 Å². The molecule has 0 aliphatic heterocycles. The summed E-state index contributed by atoms with van der Waals surface area (Å²) in [7, 11) is 0. The van der Waals surface area contributed by atoms with Gasteiger partial charge in [0.15, 0.2) is 5.82 Å². The van der Waals surface area contributed by atoms with Crippen molar-refractivity contribution in [3.8, 4) is 11.4 Å². The Balaban J connectivity index is 1.56. The Morgan fingerprint density at radius 1 is 1.30 bits per heavy atom. The Hall–Kier alpha value is -2.38. The van der Waals surface area contributed by atoms with Crippen LogP contribution in [0, 0.1) is 0 Å². The molecule has 0 bridgehead atoms. The van der Waals surface area contributed by atoms with Crippen LogP contribution in [0.2, 0.25) is 0 Å². The minimum atomic E-state index is -4.48. The lowest BCUT2D eigenvalue weighted by Crippen LogP contribution is -2.24. The van der Waals surface area contributed by atoms with Gasteiger partial charge in [0.1, 0.15) is 5.01 Å². The van der Waals surface area contributed by atoms with Crippen molar-refractivity contribution in [3.05, 3.63) is 51.8 Å². The van der Waals surface area contributed by atoms with Crippen LogP contribution in [-0.4, -0.2) is 35.0 Å². The van der Waals surface area contributed by atoms with Crippen molar-refractivity contribution in [2.45, 2.75) is 43.4 Å². The lowest BCUT2D eigenvalue weighted by molar-refractivity contribution is -0.0329. The molecule has 4 rings (SSSR count). The largest absolute Gasteiger partial charge is 0.447 e. The van der Waals surface area contributed by atoms with Crippen LogP contribution in [0.5, 0.6) is 0 Å². The standard InChI is InChI=1S/C20H18BrF3N6OS2/c1-19(2,3)30-10-11(8-26-30)17(31)25-9-15-27-16(28-33-15)12-7-14-13(21)5-4-6-29(14)18(12)32-20(22,23)24/h4-8,10H,9H2,1-3H3,(H,25,31). The lowest BCUT2D eigenvalue weighted by Gasteiger charge is -2.18. The summed E-state index contributed by atoms with van der Waals surface area (Å²) in [5, 5.41) is 7.40. The first kappa shape index (κ1) is 23.8. The molecule has 0 aliphatic carbocycles. The van der Waals surface area contributed by atoms with Gasteiger partial charge in [0.05, 0.1) is 40.0 Å². The van der Waals surface area contributed by atoms with Crippen molar-refractivity contribution >= 4 is 50.6 Å². The molecule has 33 heavy (non-hydrogen) atoms. The number of amides is 1. The summed E-state index contributed by atoms with van der Waals surface area (Å²) in [5.74, 6) is -0.152. The van der Waals surface area contributed by atoms with Crippen LogP contribution in [0.1, 0.15) is 36.1 Å². The third-order valence-corrected chi connectivity index (χ3v) is 6.79. The zero-order valence-electron chi connectivity index (χ0n) is 17.6. The van der Waals surface area contributed by atoms with E-state index < -0.39 is 5.51 Å². The number of carbonyl (C=O) groups excluding carboxylic acids is 1. The molecule has 0 saturated carbocycles. The van der Waals surface area contributed by atoms with Crippen LogP contribution in [0.3, 0.4) is 0 Å². The van der Waals surface area contributed by atoms with Gasteiger partial charge in [-0.25, -0.2) is 4.98 Å². The van der Waals surface area contributed by atoms with Gasteiger partial charge in [-0.3, -0.25) is 9.48 Å². The van der Waals surface area contributed by atoms with Crippen LogP contribution in [0.4, 0.5) is 13.2 Å². The van der Waals surface area contributed by atoms with Gasteiger partial charge in [-0.1, -0.05) is 0 Å². The normalized spacial score (nSPS) is 12.5. The topological polar surface area (TPSA) is 77.1 Å². The van der Waals surface area contributed by atoms with Crippen molar-refractivity contribution in [2.75, 3.05) is 0 Å². The number of nitrogens with one attached hydrogen (secondary N) is 1. The maximum Gasteiger partial charge on any atom is 0.447 e. The van der Waals surface area contributed by atoms with Gasteiger partial charge in [-0.2, -0.15) is 22.6 Å². The zero-order chi connectivity index (χ0) is 24.0. The van der Waals surface area contributed by atoms with E-state index in [1.165, 1.54) is 10.6 Å². The van der Waals surface area contributed by atoms with Gasteiger partial charge in [0.2, 0.25) is 0 Å². The van der Waals surface area contributed by atoms with E-state index in [0.29, 0.717) is 20.6 Å². The van der Waals surface area contributed by atoms with E-state index in [-0.39, 0.29) is 46.2 Å². The summed E-state index contributed by atoms with van der Waals surface area (Å²) in [6, 6.07) is 5.01.